The molecule has 0 heterocycles. The third kappa shape index (κ3) is 3.79. The summed E-state index contributed by atoms with van der Waals surface area (Å²) >= 11 is 5.82. The van der Waals surface area contributed by atoms with Gasteiger partial charge < -0.3 is 11.1 Å². The van der Waals surface area contributed by atoms with E-state index in [9.17, 15) is 9.18 Å². The maximum absolute atomic E-state index is 13.5. The van der Waals surface area contributed by atoms with Gasteiger partial charge in [0.05, 0.1) is 0 Å². The summed E-state index contributed by atoms with van der Waals surface area (Å²) in [4.78, 5) is 11.1. The second-order valence-corrected chi connectivity index (χ2v) is 4.84. The number of carbonyl (C=O) groups is 1. The molecule has 0 bridgehead atoms. The molecule has 0 unspecified atom stereocenters. The lowest BCUT2D eigenvalue weighted by Gasteiger charge is -2.07. The standard InChI is InChI=1S/C15H14ClFN2O/c16-13-4-5-14(17)12(7-13)9-19-8-10-2-1-3-11(6-10)15(18)20/h1-7,19H,8-9H2,(H2,18,20). The average molecular weight is 293 g/mol. The van der Waals surface area contributed by atoms with Crippen LogP contribution < -0.4 is 11.1 Å². The Morgan fingerprint density at radius 3 is 2.75 bits per heavy atom. The highest BCUT2D eigenvalue weighted by molar-refractivity contribution is 6.30. The molecule has 0 aromatic heterocycles. The van der Waals surface area contributed by atoms with Crippen molar-refractivity contribution in [2.24, 2.45) is 5.73 Å². The highest BCUT2D eigenvalue weighted by Crippen LogP contribution is 2.14. The largest absolute Gasteiger partial charge is 0.366 e. The van der Waals surface area contributed by atoms with Gasteiger partial charge in [-0.3, -0.25) is 4.79 Å². The summed E-state index contributed by atoms with van der Waals surface area (Å²) in [5, 5.41) is 3.60. The SMILES string of the molecule is NC(=O)c1cccc(CNCc2cc(Cl)ccc2F)c1. The first kappa shape index (κ1) is 14.5. The third-order valence-corrected chi connectivity index (χ3v) is 3.10. The molecule has 0 aliphatic carbocycles. The molecule has 2 aromatic rings. The monoisotopic (exact) mass is 292 g/mol. The van der Waals surface area contributed by atoms with Gasteiger partial charge in [0.2, 0.25) is 5.91 Å². The van der Waals surface area contributed by atoms with Crippen molar-refractivity contribution < 1.29 is 9.18 Å². The van der Waals surface area contributed by atoms with Gasteiger partial charge >= 0.3 is 0 Å². The van der Waals surface area contributed by atoms with Crippen LogP contribution in [0.25, 0.3) is 0 Å². The van der Waals surface area contributed by atoms with Gasteiger partial charge in [-0.2, -0.15) is 0 Å². The van der Waals surface area contributed by atoms with Gasteiger partial charge in [0, 0.05) is 29.2 Å². The molecule has 5 heteroatoms. The van der Waals surface area contributed by atoms with Gasteiger partial charge in [0.1, 0.15) is 5.82 Å². The Balaban J connectivity index is 1.97. The van der Waals surface area contributed by atoms with E-state index in [1.165, 1.54) is 12.1 Å². The summed E-state index contributed by atoms with van der Waals surface area (Å²) < 4.78 is 13.5. The molecule has 0 atom stereocenters. The number of hydrogen-bond donors (Lipinski definition) is 2. The fourth-order valence-corrected chi connectivity index (χ4v) is 2.05. The number of amides is 1. The summed E-state index contributed by atoms with van der Waals surface area (Å²) in [7, 11) is 0. The van der Waals surface area contributed by atoms with E-state index < -0.39 is 5.91 Å². The average Bonchev–Trinajstić information content (AvgIpc) is 2.43. The number of carbonyl (C=O) groups excluding carboxylic acids is 1. The topological polar surface area (TPSA) is 55.1 Å². The van der Waals surface area contributed by atoms with E-state index in [1.54, 1.807) is 24.3 Å². The molecule has 3 nitrogen and oxygen atoms in total. The van der Waals surface area contributed by atoms with Crippen molar-refractivity contribution in [3.05, 3.63) is 70.0 Å². The van der Waals surface area contributed by atoms with Crippen LogP contribution in [0.4, 0.5) is 4.39 Å². The fraction of sp³-hybridized carbons (Fsp3) is 0.133. The van der Waals surface area contributed by atoms with E-state index in [2.05, 4.69) is 5.32 Å². The minimum Gasteiger partial charge on any atom is -0.366 e. The van der Waals surface area contributed by atoms with Crippen molar-refractivity contribution in [2.75, 3.05) is 0 Å². The van der Waals surface area contributed by atoms with Crippen LogP contribution in [0.1, 0.15) is 21.5 Å². The van der Waals surface area contributed by atoms with Gasteiger partial charge in [0.25, 0.3) is 0 Å². The maximum Gasteiger partial charge on any atom is 0.248 e. The number of nitrogens with one attached hydrogen (secondary N) is 1. The number of rotatable bonds is 5. The number of benzene rings is 2. The van der Waals surface area contributed by atoms with Crippen molar-refractivity contribution >= 4 is 17.5 Å². The molecule has 20 heavy (non-hydrogen) atoms. The van der Waals surface area contributed by atoms with Crippen molar-refractivity contribution in [1.29, 1.82) is 0 Å². The van der Waals surface area contributed by atoms with Crippen LogP contribution in [0.3, 0.4) is 0 Å². The first-order valence-corrected chi connectivity index (χ1v) is 6.47. The highest BCUT2D eigenvalue weighted by atomic mass is 35.5. The minimum absolute atomic E-state index is 0.298. The zero-order chi connectivity index (χ0) is 14.5. The first-order valence-electron chi connectivity index (χ1n) is 6.09. The predicted molar refractivity (Wildman–Crippen MR) is 76.9 cm³/mol. The molecule has 0 fully saturated rings. The first-order chi connectivity index (χ1) is 9.56. The van der Waals surface area contributed by atoms with Gasteiger partial charge in [-0.05, 0) is 35.9 Å². The molecule has 1 amide bonds. The van der Waals surface area contributed by atoms with Gasteiger partial charge in [-0.1, -0.05) is 23.7 Å². The van der Waals surface area contributed by atoms with Crippen molar-refractivity contribution in [2.45, 2.75) is 13.1 Å². The van der Waals surface area contributed by atoms with Gasteiger partial charge in [-0.25, -0.2) is 4.39 Å². The second-order valence-electron chi connectivity index (χ2n) is 4.40. The summed E-state index contributed by atoms with van der Waals surface area (Å²) in [6.45, 7) is 0.861. The predicted octanol–water partition coefficient (Wildman–Crippen LogP) is 2.87. The molecule has 0 saturated heterocycles. The molecule has 2 rings (SSSR count). The Morgan fingerprint density at radius 1 is 1.20 bits per heavy atom. The summed E-state index contributed by atoms with van der Waals surface area (Å²) in [6, 6.07) is 11.4. The molecule has 0 spiro atoms. The van der Waals surface area contributed by atoms with Gasteiger partial charge in [0.15, 0.2) is 0 Å². The molecule has 0 aliphatic rings. The van der Waals surface area contributed by atoms with Crippen molar-refractivity contribution in [3.8, 4) is 0 Å². The van der Waals surface area contributed by atoms with E-state index in [1.807, 2.05) is 6.07 Å². The Bertz CT molecular complexity index is 631. The third-order valence-electron chi connectivity index (χ3n) is 2.86. The molecule has 3 N–H and O–H groups in total. The fourth-order valence-electron chi connectivity index (χ4n) is 1.85. The number of nitrogens with two attached hydrogens (primary N) is 1. The molecule has 0 radical (unpaired) electrons. The highest BCUT2D eigenvalue weighted by Gasteiger charge is 2.04. The Kier molecular flexibility index (Phi) is 4.71. The minimum atomic E-state index is -0.465. The molecule has 104 valence electrons. The number of hydrogen-bond acceptors (Lipinski definition) is 2. The molecular formula is C15H14ClFN2O. The van der Waals surface area contributed by atoms with Crippen LogP contribution in [0.2, 0.25) is 5.02 Å². The lowest BCUT2D eigenvalue weighted by molar-refractivity contribution is 0.1000. The van der Waals surface area contributed by atoms with Crippen LogP contribution >= 0.6 is 11.6 Å². The molecule has 0 aliphatic heterocycles. The normalized spacial score (nSPS) is 10.5. The van der Waals surface area contributed by atoms with E-state index in [-0.39, 0.29) is 5.82 Å². The van der Waals surface area contributed by atoms with Crippen molar-refractivity contribution in [3.63, 3.8) is 0 Å². The maximum atomic E-state index is 13.5. The quantitative estimate of drug-likeness (QED) is 0.890. The summed E-state index contributed by atoms with van der Waals surface area (Å²) in [6.07, 6.45) is 0. The van der Waals surface area contributed by atoms with Crippen LogP contribution in [0, 0.1) is 5.82 Å². The lowest BCUT2D eigenvalue weighted by atomic mass is 10.1. The Labute approximate surface area is 121 Å². The van der Waals surface area contributed by atoms with E-state index in [0.29, 0.717) is 29.2 Å². The lowest BCUT2D eigenvalue weighted by Crippen LogP contribution is -2.15. The smallest absolute Gasteiger partial charge is 0.248 e. The van der Waals surface area contributed by atoms with Crippen LogP contribution in [0.15, 0.2) is 42.5 Å². The van der Waals surface area contributed by atoms with Crippen LogP contribution in [-0.2, 0) is 13.1 Å². The summed E-state index contributed by atoms with van der Waals surface area (Å²) in [5.74, 6) is -0.763. The zero-order valence-corrected chi connectivity index (χ0v) is 11.5. The van der Waals surface area contributed by atoms with Crippen molar-refractivity contribution in [1.82, 2.24) is 5.32 Å². The Morgan fingerprint density at radius 2 is 2.00 bits per heavy atom. The van der Waals surface area contributed by atoms with E-state index >= 15 is 0 Å². The molecule has 2 aromatic carbocycles. The second kappa shape index (κ2) is 6.50. The van der Waals surface area contributed by atoms with E-state index in [0.717, 1.165) is 5.56 Å². The molecule has 0 saturated carbocycles. The molecular weight excluding hydrogens is 279 g/mol. The van der Waals surface area contributed by atoms with Crippen LogP contribution in [-0.4, -0.2) is 5.91 Å². The van der Waals surface area contributed by atoms with Gasteiger partial charge in [-0.15, -0.1) is 0 Å². The number of primary amides is 1. The van der Waals surface area contributed by atoms with E-state index in [4.69, 9.17) is 17.3 Å². The summed E-state index contributed by atoms with van der Waals surface area (Å²) in [5.41, 5.74) is 7.08. The zero-order valence-electron chi connectivity index (χ0n) is 10.7. The number of halogens is 2. The van der Waals surface area contributed by atoms with Crippen LogP contribution in [0.5, 0.6) is 0 Å². The Hall–Kier alpha value is -1.91.